The van der Waals surface area contributed by atoms with Gasteiger partial charge in [0.1, 0.15) is 11.4 Å². The molecule has 6 heteroatoms. The van der Waals surface area contributed by atoms with Crippen LogP contribution >= 0.6 is 0 Å². The first-order valence-corrected chi connectivity index (χ1v) is 8.70. The average Bonchev–Trinajstić information content (AvgIpc) is 2.74. The van der Waals surface area contributed by atoms with Crippen molar-refractivity contribution in [1.29, 1.82) is 0 Å². The molecular weight excluding hydrogens is 340 g/mol. The predicted molar refractivity (Wildman–Crippen MR) is 106 cm³/mol. The molecule has 0 atom stereocenters. The normalized spacial score (nSPS) is 10.3. The number of nitrogens with zero attached hydrogens (tertiary/aromatic N) is 3. The van der Waals surface area contributed by atoms with Crippen molar-refractivity contribution in [3.05, 3.63) is 78.1 Å². The Bertz CT molecular complexity index is 882. The Labute approximate surface area is 158 Å². The van der Waals surface area contributed by atoms with Gasteiger partial charge in [-0.2, -0.15) is 0 Å². The molecule has 27 heavy (non-hydrogen) atoms. The summed E-state index contributed by atoms with van der Waals surface area (Å²) in [5.74, 6) is 1.08. The van der Waals surface area contributed by atoms with Gasteiger partial charge in [-0.3, -0.25) is 4.79 Å². The highest BCUT2D eigenvalue weighted by Crippen LogP contribution is 2.19. The standard InChI is InChI=1S/C21H22N4O2/c1-25(17-6-4-3-5-7-17)21-23-15-13-19(24-21)20(26)22-14-12-16-8-10-18(27-2)11-9-16/h3-11,13,15H,12,14H2,1-2H3,(H,22,26). The topological polar surface area (TPSA) is 67.3 Å². The van der Waals surface area contributed by atoms with Gasteiger partial charge >= 0.3 is 0 Å². The minimum Gasteiger partial charge on any atom is -0.497 e. The summed E-state index contributed by atoms with van der Waals surface area (Å²) in [6.07, 6.45) is 2.33. The molecule has 2 aromatic carbocycles. The van der Waals surface area contributed by atoms with Gasteiger partial charge in [-0.25, -0.2) is 9.97 Å². The monoisotopic (exact) mass is 362 g/mol. The van der Waals surface area contributed by atoms with E-state index in [1.54, 1.807) is 19.4 Å². The van der Waals surface area contributed by atoms with Crippen LogP contribution in [0.2, 0.25) is 0 Å². The molecule has 1 amide bonds. The number of methoxy groups -OCH3 is 1. The van der Waals surface area contributed by atoms with E-state index in [-0.39, 0.29) is 5.91 Å². The Hall–Kier alpha value is -3.41. The zero-order valence-corrected chi connectivity index (χ0v) is 15.4. The van der Waals surface area contributed by atoms with Crippen LogP contribution in [-0.4, -0.2) is 36.6 Å². The molecule has 6 nitrogen and oxygen atoms in total. The van der Waals surface area contributed by atoms with Crippen molar-refractivity contribution in [3.63, 3.8) is 0 Å². The summed E-state index contributed by atoms with van der Waals surface area (Å²) < 4.78 is 5.14. The number of rotatable bonds is 7. The molecule has 0 aliphatic rings. The van der Waals surface area contributed by atoms with Crippen LogP contribution in [0.1, 0.15) is 16.1 Å². The van der Waals surface area contributed by atoms with Crippen LogP contribution in [0, 0.1) is 0 Å². The van der Waals surface area contributed by atoms with Crippen molar-refractivity contribution in [2.45, 2.75) is 6.42 Å². The molecule has 0 spiro atoms. The van der Waals surface area contributed by atoms with E-state index in [2.05, 4.69) is 15.3 Å². The largest absolute Gasteiger partial charge is 0.497 e. The van der Waals surface area contributed by atoms with Crippen molar-refractivity contribution in [3.8, 4) is 5.75 Å². The van der Waals surface area contributed by atoms with Gasteiger partial charge in [0.15, 0.2) is 0 Å². The van der Waals surface area contributed by atoms with E-state index in [0.29, 0.717) is 18.2 Å². The highest BCUT2D eigenvalue weighted by atomic mass is 16.5. The zero-order chi connectivity index (χ0) is 19.1. The lowest BCUT2D eigenvalue weighted by molar-refractivity contribution is 0.0949. The van der Waals surface area contributed by atoms with Gasteiger partial charge in [-0.05, 0) is 42.3 Å². The third-order valence-corrected chi connectivity index (χ3v) is 4.18. The van der Waals surface area contributed by atoms with Gasteiger partial charge in [0, 0.05) is 25.5 Å². The minimum absolute atomic E-state index is 0.214. The minimum atomic E-state index is -0.214. The molecule has 138 valence electrons. The van der Waals surface area contributed by atoms with Crippen molar-refractivity contribution in [2.24, 2.45) is 0 Å². The Morgan fingerprint density at radius 2 is 1.81 bits per heavy atom. The molecule has 1 aromatic heterocycles. The third kappa shape index (κ3) is 4.82. The van der Waals surface area contributed by atoms with E-state index < -0.39 is 0 Å². The van der Waals surface area contributed by atoms with E-state index in [1.807, 2.05) is 66.5 Å². The lowest BCUT2D eigenvalue weighted by Gasteiger charge is -2.17. The van der Waals surface area contributed by atoms with Crippen LogP contribution in [-0.2, 0) is 6.42 Å². The van der Waals surface area contributed by atoms with E-state index >= 15 is 0 Å². The predicted octanol–water partition coefficient (Wildman–Crippen LogP) is 3.23. The van der Waals surface area contributed by atoms with Crippen LogP contribution in [0.5, 0.6) is 5.75 Å². The second-order valence-electron chi connectivity index (χ2n) is 5.99. The molecule has 0 radical (unpaired) electrons. The van der Waals surface area contributed by atoms with E-state index in [4.69, 9.17) is 4.74 Å². The van der Waals surface area contributed by atoms with Gasteiger partial charge < -0.3 is 15.0 Å². The molecule has 0 saturated heterocycles. The lowest BCUT2D eigenvalue weighted by atomic mass is 10.1. The van der Waals surface area contributed by atoms with Crippen molar-refractivity contribution in [1.82, 2.24) is 15.3 Å². The molecule has 1 N–H and O–H groups in total. The number of hydrogen-bond donors (Lipinski definition) is 1. The molecule has 3 aromatic rings. The molecule has 0 aliphatic carbocycles. The second kappa shape index (κ2) is 8.80. The van der Waals surface area contributed by atoms with Crippen molar-refractivity contribution >= 4 is 17.5 Å². The van der Waals surface area contributed by atoms with Gasteiger partial charge in [0.2, 0.25) is 5.95 Å². The van der Waals surface area contributed by atoms with Crippen molar-refractivity contribution < 1.29 is 9.53 Å². The van der Waals surface area contributed by atoms with Gasteiger partial charge in [0.05, 0.1) is 7.11 Å². The quantitative estimate of drug-likeness (QED) is 0.699. The number of ether oxygens (including phenoxy) is 1. The summed E-state index contributed by atoms with van der Waals surface area (Å²) in [7, 11) is 3.51. The SMILES string of the molecule is COc1ccc(CCNC(=O)c2ccnc(N(C)c3ccccc3)n2)cc1. The highest BCUT2D eigenvalue weighted by Gasteiger charge is 2.12. The maximum Gasteiger partial charge on any atom is 0.270 e. The number of benzene rings is 2. The summed E-state index contributed by atoms with van der Waals surface area (Å²) in [5, 5.41) is 2.90. The fraction of sp³-hybridized carbons (Fsp3) is 0.190. The number of nitrogens with one attached hydrogen (secondary N) is 1. The maximum atomic E-state index is 12.4. The van der Waals surface area contributed by atoms with E-state index in [9.17, 15) is 4.79 Å². The number of amides is 1. The van der Waals surface area contributed by atoms with Crippen molar-refractivity contribution in [2.75, 3.05) is 25.6 Å². The van der Waals surface area contributed by atoms with E-state index in [0.717, 1.165) is 23.4 Å². The fourth-order valence-corrected chi connectivity index (χ4v) is 2.61. The Balaban J connectivity index is 1.59. The molecule has 0 saturated carbocycles. The lowest BCUT2D eigenvalue weighted by Crippen LogP contribution is -2.27. The van der Waals surface area contributed by atoms with Gasteiger partial charge in [-0.1, -0.05) is 30.3 Å². The Morgan fingerprint density at radius 1 is 1.07 bits per heavy atom. The van der Waals surface area contributed by atoms with Crippen LogP contribution in [0.15, 0.2) is 66.9 Å². The number of aromatic nitrogens is 2. The second-order valence-corrected chi connectivity index (χ2v) is 5.99. The third-order valence-electron chi connectivity index (χ3n) is 4.18. The smallest absolute Gasteiger partial charge is 0.270 e. The Kier molecular flexibility index (Phi) is 5.99. The summed E-state index contributed by atoms with van der Waals surface area (Å²) in [5.41, 5.74) is 2.43. The molecular formula is C21H22N4O2. The van der Waals surface area contributed by atoms with E-state index in [1.165, 1.54) is 0 Å². The molecule has 0 fully saturated rings. The zero-order valence-electron chi connectivity index (χ0n) is 15.4. The van der Waals surface area contributed by atoms with Crippen LogP contribution in [0.25, 0.3) is 0 Å². The molecule has 1 heterocycles. The first kappa shape index (κ1) is 18.4. The summed E-state index contributed by atoms with van der Waals surface area (Å²) in [6, 6.07) is 19.2. The summed E-state index contributed by atoms with van der Waals surface area (Å²) >= 11 is 0. The first-order chi connectivity index (χ1) is 13.2. The molecule has 0 unspecified atom stereocenters. The number of para-hydroxylation sites is 1. The van der Waals surface area contributed by atoms with Crippen LogP contribution < -0.4 is 15.0 Å². The average molecular weight is 362 g/mol. The molecule has 3 rings (SSSR count). The Morgan fingerprint density at radius 3 is 2.52 bits per heavy atom. The van der Waals surface area contributed by atoms with Crippen LogP contribution in [0.4, 0.5) is 11.6 Å². The molecule has 0 bridgehead atoms. The number of carbonyl (C=O) groups is 1. The van der Waals surface area contributed by atoms with Crippen LogP contribution in [0.3, 0.4) is 0 Å². The fourth-order valence-electron chi connectivity index (χ4n) is 2.61. The molecule has 0 aliphatic heterocycles. The maximum absolute atomic E-state index is 12.4. The van der Waals surface area contributed by atoms with Gasteiger partial charge in [0.25, 0.3) is 5.91 Å². The summed E-state index contributed by atoms with van der Waals surface area (Å²) in [4.78, 5) is 22.9. The number of carbonyl (C=O) groups excluding carboxylic acids is 1. The highest BCUT2D eigenvalue weighted by molar-refractivity contribution is 5.92. The van der Waals surface area contributed by atoms with Gasteiger partial charge in [-0.15, -0.1) is 0 Å². The first-order valence-electron chi connectivity index (χ1n) is 8.70. The summed E-state index contributed by atoms with van der Waals surface area (Å²) in [6.45, 7) is 0.527. The number of hydrogen-bond acceptors (Lipinski definition) is 5. The number of anilines is 2.